The second kappa shape index (κ2) is 17.8. The van der Waals surface area contributed by atoms with Gasteiger partial charge in [-0.05, 0) is 45.4 Å². The Kier molecular flexibility index (Phi) is 16.7. The fraction of sp³-hybridized carbons (Fsp3) is 0.800. The molecule has 0 fully saturated rings. The van der Waals surface area contributed by atoms with E-state index in [0.717, 1.165) is 38.5 Å². The zero-order valence-electron chi connectivity index (χ0n) is 20.0. The molecule has 1 amide bonds. The number of carbonyl (C=O) groups excluding carboxylic acids is 1. The number of carbonyl (C=O) groups is 3. The van der Waals surface area contributed by atoms with Crippen molar-refractivity contribution in [3.05, 3.63) is 12.2 Å². The van der Waals surface area contributed by atoms with Crippen LogP contribution >= 0.6 is 0 Å². The van der Waals surface area contributed by atoms with Crippen molar-refractivity contribution >= 4 is 17.8 Å². The molecule has 0 spiro atoms. The third kappa shape index (κ3) is 13.9. The average molecular weight is 440 g/mol. The number of amides is 1. The van der Waals surface area contributed by atoms with Gasteiger partial charge in [0.1, 0.15) is 5.54 Å². The van der Waals surface area contributed by atoms with Crippen molar-refractivity contribution < 1.29 is 24.6 Å². The lowest BCUT2D eigenvalue weighted by Gasteiger charge is -2.35. The molecule has 0 unspecified atom stereocenters. The normalized spacial score (nSPS) is 13.3. The van der Waals surface area contributed by atoms with Gasteiger partial charge >= 0.3 is 11.9 Å². The van der Waals surface area contributed by atoms with Gasteiger partial charge in [0.15, 0.2) is 0 Å². The molecule has 6 heteroatoms. The summed E-state index contributed by atoms with van der Waals surface area (Å²) < 4.78 is 0. The Morgan fingerprint density at radius 3 is 1.74 bits per heavy atom. The molecule has 0 rings (SSSR count). The Bertz CT molecular complexity index is 546. The Hall–Kier alpha value is -1.85. The van der Waals surface area contributed by atoms with Crippen LogP contribution in [0.4, 0.5) is 0 Å². The number of carboxylic acid groups (broad SMARTS) is 2. The molecule has 0 bridgehead atoms. The second-order valence-electron chi connectivity index (χ2n) is 8.76. The van der Waals surface area contributed by atoms with E-state index in [0.29, 0.717) is 6.42 Å². The summed E-state index contributed by atoms with van der Waals surface area (Å²) in [7, 11) is 1.45. The fourth-order valence-corrected chi connectivity index (χ4v) is 3.56. The first-order valence-electron chi connectivity index (χ1n) is 12.1. The summed E-state index contributed by atoms with van der Waals surface area (Å²) in [5, 5.41) is 18.3. The number of hydrogen-bond acceptors (Lipinski definition) is 3. The molecule has 0 aliphatic carbocycles. The predicted molar refractivity (Wildman–Crippen MR) is 125 cm³/mol. The van der Waals surface area contributed by atoms with Crippen LogP contribution in [-0.2, 0) is 14.4 Å². The molecule has 0 aliphatic rings. The largest absolute Gasteiger partial charge is 0.481 e. The number of unbranched alkanes of at least 4 members (excludes halogenated alkanes) is 11. The molecule has 0 saturated carbocycles. The molecule has 0 saturated heterocycles. The van der Waals surface area contributed by atoms with E-state index in [1.807, 2.05) is 0 Å². The van der Waals surface area contributed by atoms with Gasteiger partial charge in [-0.25, -0.2) is 4.79 Å². The lowest BCUT2D eigenvalue weighted by atomic mass is 9.93. The second-order valence-corrected chi connectivity index (χ2v) is 8.76. The van der Waals surface area contributed by atoms with Gasteiger partial charge in [-0.3, -0.25) is 9.59 Å². The number of hydrogen-bond donors (Lipinski definition) is 2. The van der Waals surface area contributed by atoms with Gasteiger partial charge in [0.2, 0.25) is 5.91 Å². The number of nitrogens with zero attached hydrogens (tertiary/aromatic N) is 1. The van der Waals surface area contributed by atoms with Crippen LogP contribution in [0.5, 0.6) is 0 Å². The first-order valence-corrected chi connectivity index (χ1v) is 12.1. The Labute approximate surface area is 189 Å². The topological polar surface area (TPSA) is 94.9 Å². The van der Waals surface area contributed by atoms with Gasteiger partial charge in [-0.2, -0.15) is 0 Å². The first-order chi connectivity index (χ1) is 14.8. The van der Waals surface area contributed by atoms with E-state index in [-0.39, 0.29) is 18.7 Å². The summed E-state index contributed by atoms with van der Waals surface area (Å²) >= 11 is 0. The highest BCUT2D eigenvalue weighted by atomic mass is 16.4. The molecule has 0 heterocycles. The fourth-order valence-electron chi connectivity index (χ4n) is 3.56. The molecule has 0 radical (unpaired) electrons. The van der Waals surface area contributed by atoms with E-state index in [1.54, 1.807) is 0 Å². The zero-order chi connectivity index (χ0) is 23.5. The van der Waals surface area contributed by atoms with Gasteiger partial charge in [0, 0.05) is 19.9 Å². The number of carboxylic acids is 2. The van der Waals surface area contributed by atoms with Crippen molar-refractivity contribution in [1.29, 1.82) is 0 Å². The summed E-state index contributed by atoms with van der Waals surface area (Å²) in [6.07, 6.45) is 19.8. The molecule has 0 aliphatic heterocycles. The monoisotopic (exact) mass is 439 g/mol. The van der Waals surface area contributed by atoms with Crippen molar-refractivity contribution in [3.8, 4) is 0 Å². The highest BCUT2D eigenvalue weighted by molar-refractivity contribution is 5.87. The van der Waals surface area contributed by atoms with E-state index in [2.05, 4.69) is 19.1 Å². The summed E-state index contributed by atoms with van der Waals surface area (Å²) in [6, 6.07) is 0. The number of allylic oxidation sites excluding steroid dienone is 2. The smallest absolute Gasteiger partial charge is 0.329 e. The summed E-state index contributed by atoms with van der Waals surface area (Å²) in [6.45, 7) is 3.65. The predicted octanol–water partition coefficient (Wildman–Crippen LogP) is 6.19. The van der Waals surface area contributed by atoms with Crippen LogP contribution in [0.1, 0.15) is 117 Å². The van der Waals surface area contributed by atoms with Gasteiger partial charge in [-0.15, -0.1) is 0 Å². The molecule has 6 nitrogen and oxygen atoms in total. The number of likely N-dealkylation sites (N-methyl/N-ethyl adjacent to an activating group) is 1. The van der Waals surface area contributed by atoms with Gasteiger partial charge < -0.3 is 15.1 Å². The Balaban J connectivity index is 3.85. The van der Waals surface area contributed by atoms with E-state index in [9.17, 15) is 19.5 Å². The quantitative estimate of drug-likeness (QED) is 0.174. The maximum Gasteiger partial charge on any atom is 0.329 e. The lowest BCUT2D eigenvalue weighted by molar-refractivity contribution is -0.158. The third-order valence-corrected chi connectivity index (χ3v) is 6.05. The summed E-state index contributed by atoms with van der Waals surface area (Å²) in [5.41, 5.74) is -1.49. The standard InChI is InChI=1S/C25H45NO5/c1-4-5-6-7-8-9-10-11-12-13-14-15-16-17-18-19-22(27)26(3)25(2,24(30)31)21-20-23(28)29/h11-12H,4-10,13-21H2,1-3H3,(H,28,29)(H,30,31)/t25-/m0/s1. The Morgan fingerprint density at radius 2 is 1.26 bits per heavy atom. The molecule has 0 aromatic heterocycles. The van der Waals surface area contributed by atoms with Crippen LogP contribution in [0.3, 0.4) is 0 Å². The van der Waals surface area contributed by atoms with Crippen LogP contribution in [0.2, 0.25) is 0 Å². The van der Waals surface area contributed by atoms with Crippen molar-refractivity contribution in [2.75, 3.05) is 7.05 Å². The molecular weight excluding hydrogens is 394 g/mol. The van der Waals surface area contributed by atoms with Gasteiger partial charge in [0.05, 0.1) is 0 Å². The number of aliphatic carboxylic acids is 2. The van der Waals surface area contributed by atoms with E-state index in [1.165, 1.54) is 63.8 Å². The molecular formula is C25H45NO5. The molecule has 0 aromatic carbocycles. The minimum Gasteiger partial charge on any atom is -0.481 e. The van der Waals surface area contributed by atoms with Crippen LogP contribution in [-0.4, -0.2) is 45.5 Å². The molecule has 31 heavy (non-hydrogen) atoms. The SMILES string of the molecule is CCCCCCCCC=CCCCCCCCC(=O)N(C)[C@@](C)(CCC(=O)O)C(=O)O. The van der Waals surface area contributed by atoms with Crippen LogP contribution in [0, 0.1) is 0 Å². The minimum atomic E-state index is -1.49. The van der Waals surface area contributed by atoms with Crippen molar-refractivity contribution in [2.45, 2.75) is 122 Å². The van der Waals surface area contributed by atoms with Gasteiger partial charge in [-0.1, -0.05) is 70.4 Å². The molecule has 0 aromatic rings. The molecule has 1 atom stereocenters. The van der Waals surface area contributed by atoms with Crippen LogP contribution in [0.15, 0.2) is 12.2 Å². The maximum absolute atomic E-state index is 12.4. The first kappa shape index (κ1) is 29.1. The van der Waals surface area contributed by atoms with Crippen molar-refractivity contribution in [3.63, 3.8) is 0 Å². The van der Waals surface area contributed by atoms with Gasteiger partial charge in [0.25, 0.3) is 0 Å². The van der Waals surface area contributed by atoms with Crippen molar-refractivity contribution in [2.24, 2.45) is 0 Å². The third-order valence-electron chi connectivity index (χ3n) is 6.05. The molecule has 180 valence electrons. The lowest BCUT2D eigenvalue weighted by Crippen LogP contribution is -2.53. The van der Waals surface area contributed by atoms with E-state index >= 15 is 0 Å². The molecule has 2 N–H and O–H groups in total. The summed E-state index contributed by atoms with van der Waals surface area (Å²) in [5.74, 6) is -2.48. The summed E-state index contributed by atoms with van der Waals surface area (Å²) in [4.78, 5) is 36.0. The van der Waals surface area contributed by atoms with Crippen LogP contribution in [0.25, 0.3) is 0 Å². The minimum absolute atomic E-state index is 0.105. The van der Waals surface area contributed by atoms with Crippen LogP contribution < -0.4 is 0 Å². The van der Waals surface area contributed by atoms with E-state index < -0.39 is 17.5 Å². The Morgan fingerprint density at radius 1 is 0.774 bits per heavy atom. The zero-order valence-corrected chi connectivity index (χ0v) is 20.0. The van der Waals surface area contributed by atoms with E-state index in [4.69, 9.17) is 5.11 Å². The maximum atomic E-state index is 12.4. The highest BCUT2D eigenvalue weighted by Gasteiger charge is 2.40. The number of rotatable bonds is 20. The highest BCUT2D eigenvalue weighted by Crippen LogP contribution is 2.22. The average Bonchev–Trinajstić information content (AvgIpc) is 2.73. The van der Waals surface area contributed by atoms with Crippen molar-refractivity contribution in [1.82, 2.24) is 4.90 Å².